The van der Waals surface area contributed by atoms with Crippen molar-refractivity contribution < 1.29 is 0 Å². The average Bonchev–Trinajstić information content (AvgIpc) is 2.70. The number of rotatable bonds is 3. The molecule has 3 nitrogen and oxygen atoms in total. The van der Waals surface area contributed by atoms with Crippen LogP contribution in [0.1, 0.15) is 0 Å². The molecule has 0 aliphatic carbocycles. The van der Waals surface area contributed by atoms with Gasteiger partial charge in [-0.3, -0.25) is 0 Å². The highest BCUT2D eigenvalue weighted by Crippen LogP contribution is 2.25. The van der Waals surface area contributed by atoms with E-state index in [1.54, 1.807) is 0 Å². The van der Waals surface area contributed by atoms with Gasteiger partial charge >= 0.3 is 0 Å². The minimum atomic E-state index is 0.872. The summed E-state index contributed by atoms with van der Waals surface area (Å²) in [4.78, 5) is 7.18. The molecule has 0 saturated carbocycles. The Bertz CT molecular complexity index is 645. The smallest absolute Gasteiger partial charge is 0.0937 e. The molecule has 1 fully saturated rings. The number of hydrogen-bond donors (Lipinski definition) is 0. The van der Waals surface area contributed by atoms with Gasteiger partial charge in [-0.1, -0.05) is 48.5 Å². The predicted molar refractivity (Wildman–Crippen MR) is 100 cm³/mol. The van der Waals surface area contributed by atoms with Gasteiger partial charge in [0.15, 0.2) is 0 Å². The Labute approximate surface area is 143 Å². The zero-order chi connectivity index (χ0) is 16.2. The molecular weight excluding hydrogens is 294 g/mol. The van der Waals surface area contributed by atoms with Gasteiger partial charge in [0.2, 0.25) is 0 Å². The summed E-state index contributed by atoms with van der Waals surface area (Å²) >= 11 is 0. The van der Waals surface area contributed by atoms with Crippen molar-refractivity contribution in [3.8, 4) is 0 Å². The van der Waals surface area contributed by atoms with E-state index in [4.69, 9.17) is 0 Å². The average molecular weight is 314 g/mol. The topological polar surface area (TPSA) is 9.72 Å². The lowest BCUT2D eigenvalue weighted by molar-refractivity contribution is 0.611. The molecule has 0 spiro atoms. The summed E-state index contributed by atoms with van der Waals surface area (Å²) in [6, 6.07) is 32.5. The normalized spacial score (nSPS) is 14.8. The van der Waals surface area contributed by atoms with Crippen LogP contribution in [0.5, 0.6) is 0 Å². The molecule has 0 amide bonds. The van der Waals surface area contributed by atoms with Gasteiger partial charge in [0.25, 0.3) is 0 Å². The molecule has 4 rings (SSSR count). The van der Waals surface area contributed by atoms with E-state index in [1.165, 1.54) is 17.1 Å². The van der Waals surface area contributed by atoms with Crippen molar-refractivity contribution in [2.75, 3.05) is 34.7 Å². The lowest BCUT2D eigenvalue weighted by Crippen LogP contribution is -2.55. The number of nitrogens with zero attached hydrogens (tertiary/aromatic N) is 3. The molecule has 1 saturated heterocycles. The second-order valence-corrected chi connectivity index (χ2v) is 5.97. The van der Waals surface area contributed by atoms with Gasteiger partial charge in [-0.2, -0.15) is 0 Å². The summed E-state index contributed by atoms with van der Waals surface area (Å²) in [5, 5.41) is 0. The first kappa shape index (κ1) is 14.6. The van der Waals surface area contributed by atoms with Crippen LogP contribution in [0.3, 0.4) is 0 Å². The van der Waals surface area contributed by atoms with Crippen molar-refractivity contribution in [3.63, 3.8) is 0 Å². The maximum absolute atomic E-state index is 3.10. The van der Waals surface area contributed by atoms with E-state index in [-0.39, 0.29) is 0 Å². The molecular formula is C21H20N3. The van der Waals surface area contributed by atoms with Gasteiger partial charge in [-0.25, -0.2) is 0 Å². The first-order valence-electron chi connectivity index (χ1n) is 8.21. The van der Waals surface area contributed by atoms with Crippen LogP contribution in [0.4, 0.5) is 17.1 Å². The summed E-state index contributed by atoms with van der Waals surface area (Å²) in [6.07, 6.45) is 0. The van der Waals surface area contributed by atoms with E-state index in [2.05, 4.69) is 93.6 Å². The zero-order valence-electron chi connectivity index (χ0n) is 13.5. The first-order chi connectivity index (χ1) is 11.9. The highest BCUT2D eigenvalue weighted by molar-refractivity contribution is 5.58. The Kier molecular flexibility index (Phi) is 4.07. The number of hydrogen-bond acceptors (Lipinski definition) is 3. The summed E-state index contributed by atoms with van der Waals surface area (Å²) in [6.45, 7) is 2.62. The molecule has 3 aromatic rings. The van der Waals surface area contributed by atoms with Crippen molar-refractivity contribution in [2.24, 2.45) is 0 Å². The molecule has 1 aliphatic heterocycles. The van der Waals surface area contributed by atoms with Crippen LogP contribution in [0.25, 0.3) is 0 Å². The van der Waals surface area contributed by atoms with Gasteiger partial charge < -0.3 is 14.7 Å². The van der Waals surface area contributed by atoms with E-state index in [0.29, 0.717) is 0 Å². The zero-order valence-corrected chi connectivity index (χ0v) is 13.5. The van der Waals surface area contributed by atoms with E-state index in [0.717, 1.165) is 20.0 Å². The molecule has 0 atom stereocenters. The van der Waals surface area contributed by atoms with Gasteiger partial charge in [-0.05, 0) is 42.5 Å². The molecule has 24 heavy (non-hydrogen) atoms. The van der Waals surface area contributed by atoms with Crippen LogP contribution in [-0.2, 0) is 0 Å². The van der Waals surface area contributed by atoms with E-state index in [9.17, 15) is 0 Å². The molecule has 119 valence electrons. The third-order valence-electron chi connectivity index (χ3n) is 4.33. The van der Waals surface area contributed by atoms with Crippen molar-refractivity contribution >= 4 is 17.1 Å². The molecule has 0 bridgehead atoms. The van der Waals surface area contributed by atoms with Crippen molar-refractivity contribution in [2.45, 2.75) is 0 Å². The van der Waals surface area contributed by atoms with Gasteiger partial charge in [0.1, 0.15) is 0 Å². The second-order valence-electron chi connectivity index (χ2n) is 5.97. The Morgan fingerprint density at radius 1 is 0.500 bits per heavy atom. The first-order valence-corrected chi connectivity index (χ1v) is 8.21. The molecule has 0 N–H and O–H groups in total. The molecule has 0 aromatic heterocycles. The van der Waals surface area contributed by atoms with E-state index in [1.807, 2.05) is 12.1 Å². The van der Waals surface area contributed by atoms with Crippen LogP contribution in [0.2, 0.25) is 0 Å². The Balaban J connectivity index is 1.66. The number of para-hydroxylation sites is 2. The fourth-order valence-corrected chi connectivity index (χ4v) is 3.11. The Morgan fingerprint density at radius 2 is 0.875 bits per heavy atom. The third-order valence-corrected chi connectivity index (χ3v) is 4.33. The summed E-state index contributed by atoms with van der Waals surface area (Å²) in [7, 11) is 0. The van der Waals surface area contributed by atoms with Crippen molar-refractivity contribution in [3.05, 3.63) is 91.0 Å². The maximum atomic E-state index is 3.10. The van der Waals surface area contributed by atoms with Gasteiger partial charge in [0.05, 0.1) is 20.0 Å². The van der Waals surface area contributed by atoms with E-state index >= 15 is 0 Å². The number of benzene rings is 3. The SMILES string of the molecule is [c]1ccc(N2CN(c3ccccc3)CN(c3ccccc3)C2)cc1. The fraction of sp³-hybridized carbons (Fsp3) is 0.143. The van der Waals surface area contributed by atoms with Crippen LogP contribution in [0, 0.1) is 6.07 Å². The van der Waals surface area contributed by atoms with Crippen LogP contribution in [-0.4, -0.2) is 20.0 Å². The Hall–Kier alpha value is -2.94. The predicted octanol–water partition coefficient (Wildman–Crippen LogP) is 4.19. The van der Waals surface area contributed by atoms with Crippen LogP contribution >= 0.6 is 0 Å². The fourth-order valence-electron chi connectivity index (χ4n) is 3.11. The van der Waals surface area contributed by atoms with Crippen molar-refractivity contribution in [1.29, 1.82) is 0 Å². The van der Waals surface area contributed by atoms with Gasteiger partial charge in [0, 0.05) is 17.1 Å². The van der Waals surface area contributed by atoms with Crippen LogP contribution < -0.4 is 14.7 Å². The highest BCUT2D eigenvalue weighted by atomic mass is 15.5. The monoisotopic (exact) mass is 314 g/mol. The largest absolute Gasteiger partial charge is 0.336 e. The maximum Gasteiger partial charge on any atom is 0.0937 e. The minimum Gasteiger partial charge on any atom is -0.336 e. The third kappa shape index (κ3) is 3.06. The lowest BCUT2D eigenvalue weighted by atomic mass is 10.2. The minimum absolute atomic E-state index is 0.872. The highest BCUT2D eigenvalue weighted by Gasteiger charge is 2.23. The number of anilines is 3. The molecule has 1 heterocycles. The molecule has 3 heteroatoms. The quantitative estimate of drug-likeness (QED) is 0.717. The summed E-state index contributed by atoms with van der Waals surface area (Å²) in [5.41, 5.74) is 3.70. The van der Waals surface area contributed by atoms with E-state index < -0.39 is 0 Å². The second kappa shape index (κ2) is 6.67. The van der Waals surface area contributed by atoms with Crippen molar-refractivity contribution in [1.82, 2.24) is 0 Å². The standard InChI is InChI=1S/C21H20N3/c1-4-10-19(11-5-1)22-16-23(20-12-6-2-7-13-20)18-24(17-22)21-14-8-3-9-15-21/h1-2,4-15H,16-18H2. The molecule has 1 aliphatic rings. The molecule has 1 radical (unpaired) electrons. The van der Waals surface area contributed by atoms with Crippen LogP contribution in [0.15, 0.2) is 84.9 Å². The van der Waals surface area contributed by atoms with Gasteiger partial charge in [-0.15, -0.1) is 0 Å². The summed E-state index contributed by atoms with van der Waals surface area (Å²) < 4.78 is 0. The lowest BCUT2D eigenvalue weighted by Gasteiger charge is -2.45. The molecule has 3 aromatic carbocycles. The molecule has 0 unspecified atom stereocenters. The summed E-state index contributed by atoms with van der Waals surface area (Å²) in [5.74, 6) is 0. The Morgan fingerprint density at radius 3 is 1.29 bits per heavy atom.